The molecule has 0 spiro atoms. The number of nitrogens with zero attached hydrogens (tertiary/aromatic N) is 2. The number of benzene rings is 4. The second-order valence-corrected chi connectivity index (χ2v) is 13.4. The van der Waals surface area contributed by atoms with Gasteiger partial charge in [0.2, 0.25) is 0 Å². The number of hydrogen-bond acceptors (Lipinski definition) is 2. The van der Waals surface area contributed by atoms with E-state index in [9.17, 15) is 0 Å². The fourth-order valence-electron chi connectivity index (χ4n) is 7.00. The number of aryl methyl sites for hydroxylation is 2. The number of fused-ring (bicyclic) bond motifs is 3. The van der Waals surface area contributed by atoms with Crippen molar-refractivity contribution in [2.45, 2.75) is 97.3 Å². The van der Waals surface area contributed by atoms with Crippen molar-refractivity contribution in [3.05, 3.63) is 119 Å². The molecule has 0 aliphatic heterocycles. The van der Waals surface area contributed by atoms with Crippen LogP contribution in [0.25, 0.3) is 45.0 Å². The minimum Gasteiger partial charge on any atom is -0.228 e. The second-order valence-electron chi connectivity index (χ2n) is 13.4. The lowest BCUT2D eigenvalue weighted by atomic mass is 9.82. The zero-order valence-corrected chi connectivity index (χ0v) is 27.7. The van der Waals surface area contributed by atoms with Gasteiger partial charge in [-0.1, -0.05) is 157 Å². The third kappa shape index (κ3) is 6.66. The first-order chi connectivity index (χ1) is 22.0. The smallest absolute Gasteiger partial charge is 0.161 e. The van der Waals surface area contributed by atoms with Crippen LogP contribution in [0, 0.1) is 0 Å². The highest BCUT2D eigenvalue weighted by Crippen LogP contribution is 2.51. The van der Waals surface area contributed by atoms with Crippen LogP contribution in [0.2, 0.25) is 0 Å². The van der Waals surface area contributed by atoms with Gasteiger partial charge in [0, 0.05) is 22.1 Å². The van der Waals surface area contributed by atoms with E-state index >= 15 is 0 Å². The van der Waals surface area contributed by atoms with Crippen molar-refractivity contribution in [3.63, 3.8) is 0 Å². The molecule has 1 heterocycles. The van der Waals surface area contributed by atoms with E-state index in [0.717, 1.165) is 46.7 Å². The van der Waals surface area contributed by atoms with Crippen LogP contribution in [-0.2, 0) is 18.3 Å². The lowest BCUT2D eigenvalue weighted by Gasteiger charge is -2.21. The molecule has 5 aromatic rings. The van der Waals surface area contributed by atoms with Gasteiger partial charge in [0.1, 0.15) is 0 Å². The molecule has 6 rings (SSSR count). The summed E-state index contributed by atoms with van der Waals surface area (Å²) in [6.07, 6.45) is 12.5. The first-order valence-electron chi connectivity index (χ1n) is 17.3. The average Bonchev–Trinajstić information content (AvgIpc) is 3.32. The Hall–Kier alpha value is -4.04. The minimum atomic E-state index is -0.0672. The summed E-state index contributed by atoms with van der Waals surface area (Å²) in [7, 11) is 0. The number of rotatable bonds is 13. The quantitative estimate of drug-likeness (QED) is 0.127. The molecule has 1 aromatic heterocycles. The molecule has 0 radical (unpaired) electrons. The van der Waals surface area contributed by atoms with Crippen molar-refractivity contribution >= 4 is 0 Å². The molecule has 0 saturated carbocycles. The first-order valence-corrected chi connectivity index (χ1v) is 17.3. The van der Waals surface area contributed by atoms with E-state index in [-0.39, 0.29) is 5.41 Å². The molecule has 2 heteroatoms. The molecule has 0 N–H and O–H groups in total. The van der Waals surface area contributed by atoms with Crippen molar-refractivity contribution < 1.29 is 0 Å². The molecule has 2 nitrogen and oxygen atoms in total. The molecule has 0 amide bonds. The lowest BCUT2D eigenvalue weighted by molar-refractivity contribution is 0.660. The highest BCUT2D eigenvalue weighted by Gasteiger charge is 2.37. The number of unbranched alkanes of at least 4 members (excludes halogenated alkanes) is 6. The van der Waals surface area contributed by atoms with Crippen molar-refractivity contribution in [3.8, 4) is 45.0 Å². The standard InChI is InChI=1S/C43H48N2/c1-5-7-9-11-16-31-22-26-33(27-23-31)39-30-40(34-28-24-32(25-29-34)17-12-10-8-6-2)45-42(44-39)36-19-15-21-38-41(36)35-18-13-14-20-37(35)43(38,3)4/h13-15,18-30H,5-12,16-17H2,1-4H3. The van der Waals surface area contributed by atoms with Crippen molar-refractivity contribution in [1.82, 2.24) is 9.97 Å². The highest BCUT2D eigenvalue weighted by molar-refractivity contribution is 5.91. The molecular formula is C43H48N2. The summed E-state index contributed by atoms with van der Waals surface area (Å²) >= 11 is 0. The zero-order valence-electron chi connectivity index (χ0n) is 27.7. The summed E-state index contributed by atoms with van der Waals surface area (Å²) < 4.78 is 0. The molecule has 1 aliphatic rings. The van der Waals surface area contributed by atoms with Gasteiger partial charge in [0.25, 0.3) is 0 Å². The van der Waals surface area contributed by atoms with E-state index in [1.165, 1.54) is 84.7 Å². The van der Waals surface area contributed by atoms with Gasteiger partial charge in [0.05, 0.1) is 11.4 Å². The Kier molecular flexibility index (Phi) is 9.59. The predicted molar refractivity (Wildman–Crippen MR) is 192 cm³/mol. The average molecular weight is 593 g/mol. The molecule has 0 atom stereocenters. The monoisotopic (exact) mass is 592 g/mol. The second kappa shape index (κ2) is 13.9. The van der Waals surface area contributed by atoms with Crippen LogP contribution >= 0.6 is 0 Å². The molecule has 0 fully saturated rings. The van der Waals surface area contributed by atoms with Gasteiger partial charge in [-0.05, 0) is 65.1 Å². The fraction of sp³-hybridized carbons (Fsp3) is 0.349. The molecule has 0 unspecified atom stereocenters. The van der Waals surface area contributed by atoms with E-state index in [1.807, 2.05) is 0 Å². The van der Waals surface area contributed by atoms with Crippen LogP contribution in [-0.4, -0.2) is 9.97 Å². The van der Waals surface area contributed by atoms with Gasteiger partial charge in [0.15, 0.2) is 5.82 Å². The Morgan fingerprint density at radius 2 is 1.02 bits per heavy atom. The summed E-state index contributed by atoms with van der Waals surface area (Å²) in [6.45, 7) is 9.20. The van der Waals surface area contributed by atoms with Crippen molar-refractivity contribution in [2.75, 3.05) is 0 Å². The molecule has 4 aromatic carbocycles. The summed E-state index contributed by atoms with van der Waals surface area (Å²) in [4.78, 5) is 10.6. The molecule has 45 heavy (non-hydrogen) atoms. The van der Waals surface area contributed by atoms with Crippen LogP contribution < -0.4 is 0 Å². The predicted octanol–water partition coefficient (Wildman–Crippen LogP) is 12.0. The van der Waals surface area contributed by atoms with Gasteiger partial charge >= 0.3 is 0 Å². The summed E-state index contributed by atoms with van der Waals surface area (Å²) in [6, 6.07) is 35.8. The Morgan fingerprint density at radius 1 is 0.511 bits per heavy atom. The maximum atomic E-state index is 5.28. The summed E-state index contributed by atoms with van der Waals surface area (Å²) in [5.74, 6) is 0.791. The normalized spacial score (nSPS) is 13.1. The van der Waals surface area contributed by atoms with Gasteiger partial charge in [-0.15, -0.1) is 0 Å². The molecule has 0 bridgehead atoms. The van der Waals surface area contributed by atoms with Crippen LogP contribution in [0.1, 0.15) is 101 Å². The van der Waals surface area contributed by atoms with E-state index in [0.29, 0.717) is 0 Å². The van der Waals surface area contributed by atoms with Crippen molar-refractivity contribution in [2.24, 2.45) is 0 Å². The van der Waals surface area contributed by atoms with Crippen LogP contribution in [0.15, 0.2) is 97.1 Å². The molecule has 0 saturated heterocycles. The maximum absolute atomic E-state index is 5.28. The largest absolute Gasteiger partial charge is 0.228 e. The number of aromatic nitrogens is 2. The van der Waals surface area contributed by atoms with Crippen LogP contribution in [0.4, 0.5) is 0 Å². The van der Waals surface area contributed by atoms with E-state index in [4.69, 9.17) is 9.97 Å². The first kappa shape index (κ1) is 31.0. The number of hydrogen-bond donors (Lipinski definition) is 0. The molecule has 230 valence electrons. The topological polar surface area (TPSA) is 25.8 Å². The van der Waals surface area contributed by atoms with E-state index in [1.54, 1.807) is 0 Å². The van der Waals surface area contributed by atoms with Gasteiger partial charge in [-0.3, -0.25) is 0 Å². The third-order valence-corrected chi connectivity index (χ3v) is 9.71. The van der Waals surface area contributed by atoms with Gasteiger partial charge in [-0.2, -0.15) is 0 Å². The highest BCUT2D eigenvalue weighted by atomic mass is 14.9. The molecule has 1 aliphatic carbocycles. The van der Waals surface area contributed by atoms with E-state index in [2.05, 4.69) is 125 Å². The Morgan fingerprint density at radius 3 is 1.58 bits per heavy atom. The Bertz CT molecular complexity index is 1650. The maximum Gasteiger partial charge on any atom is 0.161 e. The molecular weight excluding hydrogens is 544 g/mol. The summed E-state index contributed by atoms with van der Waals surface area (Å²) in [5, 5.41) is 0. The van der Waals surface area contributed by atoms with Crippen molar-refractivity contribution in [1.29, 1.82) is 0 Å². The minimum absolute atomic E-state index is 0.0672. The fourth-order valence-corrected chi connectivity index (χ4v) is 7.00. The SMILES string of the molecule is CCCCCCc1ccc(-c2cc(-c3ccc(CCCCCC)cc3)nc(-c3cccc4c3-c3ccccc3C4(C)C)n2)cc1. The zero-order chi connectivity index (χ0) is 31.2. The third-order valence-electron chi connectivity index (χ3n) is 9.71. The van der Waals surface area contributed by atoms with Gasteiger partial charge < -0.3 is 0 Å². The Labute approximate surface area is 271 Å². The van der Waals surface area contributed by atoms with E-state index < -0.39 is 0 Å². The van der Waals surface area contributed by atoms with Crippen LogP contribution in [0.5, 0.6) is 0 Å². The lowest BCUT2D eigenvalue weighted by Crippen LogP contribution is -2.14. The summed E-state index contributed by atoms with van der Waals surface area (Å²) in [5.41, 5.74) is 13.3. The Balaban J connectivity index is 1.41. The van der Waals surface area contributed by atoms with Gasteiger partial charge in [-0.25, -0.2) is 9.97 Å². The van der Waals surface area contributed by atoms with Crippen LogP contribution in [0.3, 0.4) is 0 Å².